The Hall–Kier alpha value is -3.44. The Morgan fingerprint density at radius 3 is 2.60 bits per heavy atom. The highest BCUT2D eigenvalue weighted by atomic mass is 19.1. The standard InChI is InChI=1S/C38H43F2NO7/c1-20(2)41-24-7-5-6-21(13-24)12-22-8-9-23(14-30(22)44)34-47-33-17-26-27-16-29(39)28-15-25(43)10-11-35(28,3)37(27,40)31(45)18-36(26,4)38(33,48-34)32(46)19-42/h5-11,13-15,20,26-27,29,31,33-34,41-42,44-45H,12,16-19H2,1-4H3/t26-,27-,29-,31-,33+,34-,35-,36-,37-,38+/m0/s1. The first-order chi connectivity index (χ1) is 22.7. The fraction of sp³-hybridized carbons (Fsp3) is 0.526. The number of Topliss-reactive ketones (excluding diaryl/α,β-unsaturated/α-hetero) is 1. The van der Waals surface area contributed by atoms with Crippen LogP contribution in [-0.4, -0.2) is 69.2 Å². The molecule has 7 rings (SSSR count). The van der Waals surface area contributed by atoms with E-state index in [9.17, 15) is 24.9 Å². The fourth-order valence-corrected chi connectivity index (χ4v) is 9.92. The second-order valence-corrected chi connectivity index (χ2v) is 15.1. The summed E-state index contributed by atoms with van der Waals surface area (Å²) in [5.41, 5.74) is -3.72. The Labute approximate surface area is 278 Å². The highest BCUT2D eigenvalue weighted by molar-refractivity contribution is 6.01. The zero-order valence-electron chi connectivity index (χ0n) is 27.6. The van der Waals surface area contributed by atoms with Crippen LogP contribution in [0.15, 0.2) is 66.3 Å². The number of nitrogens with one attached hydrogen (secondary N) is 1. The number of anilines is 1. The third-order valence-corrected chi connectivity index (χ3v) is 12.1. The Morgan fingerprint density at radius 1 is 1.12 bits per heavy atom. The lowest BCUT2D eigenvalue weighted by Crippen LogP contribution is -2.70. The monoisotopic (exact) mass is 663 g/mol. The predicted octanol–water partition coefficient (Wildman–Crippen LogP) is 5.45. The van der Waals surface area contributed by atoms with Gasteiger partial charge in [-0.1, -0.05) is 37.3 Å². The highest BCUT2D eigenvalue weighted by Crippen LogP contribution is 2.72. The number of carbonyl (C=O) groups excluding carboxylic acids is 2. The Kier molecular flexibility index (Phi) is 7.79. The van der Waals surface area contributed by atoms with Crippen LogP contribution in [0, 0.1) is 22.7 Å². The maximum absolute atomic E-state index is 17.6. The number of aromatic hydroxyl groups is 1. The fourth-order valence-electron chi connectivity index (χ4n) is 9.92. The third-order valence-electron chi connectivity index (χ3n) is 12.1. The molecule has 1 saturated heterocycles. The van der Waals surface area contributed by atoms with E-state index < -0.39 is 76.8 Å². The van der Waals surface area contributed by atoms with E-state index in [1.54, 1.807) is 19.1 Å². The summed E-state index contributed by atoms with van der Waals surface area (Å²) in [6, 6.07) is 13.3. The van der Waals surface area contributed by atoms with Crippen LogP contribution >= 0.6 is 0 Å². The summed E-state index contributed by atoms with van der Waals surface area (Å²) in [4.78, 5) is 25.9. The zero-order chi connectivity index (χ0) is 34.4. The minimum absolute atomic E-state index is 0.0199. The number of benzene rings is 2. The summed E-state index contributed by atoms with van der Waals surface area (Å²) in [6.45, 7) is 6.51. The van der Waals surface area contributed by atoms with Gasteiger partial charge in [-0.3, -0.25) is 9.59 Å². The van der Waals surface area contributed by atoms with Gasteiger partial charge in [-0.15, -0.1) is 0 Å². The summed E-state index contributed by atoms with van der Waals surface area (Å²) in [5, 5.41) is 36.4. The van der Waals surface area contributed by atoms with Crippen molar-refractivity contribution >= 4 is 17.3 Å². The molecule has 3 saturated carbocycles. The predicted molar refractivity (Wildman–Crippen MR) is 174 cm³/mol. The van der Waals surface area contributed by atoms with Crippen molar-refractivity contribution in [3.8, 4) is 5.75 Å². The van der Waals surface area contributed by atoms with Crippen LogP contribution in [0.1, 0.15) is 69.9 Å². The van der Waals surface area contributed by atoms with Gasteiger partial charge in [0.25, 0.3) is 0 Å². The van der Waals surface area contributed by atoms with E-state index >= 15 is 8.78 Å². The van der Waals surface area contributed by atoms with Crippen LogP contribution < -0.4 is 5.32 Å². The number of fused-ring (bicyclic) bond motifs is 7. The number of alkyl halides is 2. The van der Waals surface area contributed by atoms with Crippen molar-refractivity contribution < 1.29 is 43.2 Å². The quantitative estimate of drug-likeness (QED) is 0.309. The van der Waals surface area contributed by atoms with Crippen molar-refractivity contribution in [2.75, 3.05) is 11.9 Å². The Morgan fingerprint density at radius 2 is 1.90 bits per heavy atom. The normalized spacial score (nSPS) is 39.8. The highest BCUT2D eigenvalue weighted by Gasteiger charge is 2.80. The molecule has 2 aromatic carbocycles. The lowest BCUT2D eigenvalue weighted by Gasteiger charge is -2.63. The van der Waals surface area contributed by atoms with Gasteiger partial charge in [-0.25, -0.2) is 8.78 Å². The number of ether oxygens (including phenoxy) is 2. The molecule has 10 atom stereocenters. The molecular weight excluding hydrogens is 620 g/mol. The first kappa shape index (κ1) is 33.1. The molecule has 0 spiro atoms. The molecule has 4 N–H and O–H groups in total. The average Bonchev–Trinajstić information content (AvgIpc) is 3.53. The number of hydrogen-bond acceptors (Lipinski definition) is 8. The van der Waals surface area contributed by atoms with Crippen molar-refractivity contribution in [3.05, 3.63) is 83.0 Å². The van der Waals surface area contributed by atoms with Gasteiger partial charge in [-0.2, -0.15) is 0 Å². The maximum atomic E-state index is 17.6. The number of allylic oxidation sites excluding steroid dienone is 4. The van der Waals surface area contributed by atoms with Crippen LogP contribution in [0.25, 0.3) is 0 Å². The van der Waals surface area contributed by atoms with E-state index in [0.29, 0.717) is 17.5 Å². The molecule has 4 aliphatic carbocycles. The number of hydrogen-bond donors (Lipinski definition) is 4. The largest absolute Gasteiger partial charge is 0.508 e. The zero-order valence-corrected chi connectivity index (χ0v) is 27.6. The van der Waals surface area contributed by atoms with Crippen molar-refractivity contribution in [2.45, 2.75) is 95.4 Å². The molecule has 5 aliphatic rings. The molecule has 4 fully saturated rings. The first-order valence-electron chi connectivity index (χ1n) is 16.8. The van der Waals surface area contributed by atoms with Gasteiger partial charge in [0.1, 0.15) is 18.5 Å². The summed E-state index contributed by atoms with van der Waals surface area (Å²) in [5.74, 6) is -2.74. The Bertz CT molecular complexity index is 1730. The van der Waals surface area contributed by atoms with Crippen LogP contribution in [0.3, 0.4) is 0 Å². The molecule has 256 valence electrons. The van der Waals surface area contributed by atoms with Crippen molar-refractivity contribution in [1.29, 1.82) is 0 Å². The molecule has 1 heterocycles. The minimum atomic E-state index is -2.32. The number of halogens is 2. The topological polar surface area (TPSA) is 125 Å². The molecule has 2 aromatic rings. The molecular formula is C38H43F2NO7. The van der Waals surface area contributed by atoms with Crippen molar-refractivity contribution in [1.82, 2.24) is 0 Å². The summed E-state index contributed by atoms with van der Waals surface area (Å²) in [7, 11) is 0. The lowest BCUT2D eigenvalue weighted by atomic mass is 9.44. The number of carbonyl (C=O) groups is 2. The third kappa shape index (κ3) is 4.52. The number of phenolic OH excluding ortho intramolecular Hbond substituents is 1. The first-order valence-corrected chi connectivity index (χ1v) is 16.8. The molecule has 10 heteroatoms. The Balaban J connectivity index is 1.19. The number of phenols is 1. The van der Waals surface area contributed by atoms with Crippen molar-refractivity contribution in [2.24, 2.45) is 22.7 Å². The van der Waals surface area contributed by atoms with Crippen molar-refractivity contribution in [3.63, 3.8) is 0 Å². The van der Waals surface area contributed by atoms with Gasteiger partial charge in [0.2, 0.25) is 0 Å². The summed E-state index contributed by atoms with van der Waals surface area (Å²) in [6.07, 6.45) is -1.41. The van der Waals surface area contributed by atoms with Crippen LogP contribution in [0.5, 0.6) is 5.75 Å². The van der Waals surface area contributed by atoms with Gasteiger partial charge in [0, 0.05) is 40.5 Å². The second-order valence-electron chi connectivity index (χ2n) is 15.1. The number of aliphatic hydroxyl groups excluding tert-OH is 2. The van der Waals surface area contributed by atoms with E-state index in [4.69, 9.17) is 9.47 Å². The molecule has 0 radical (unpaired) electrons. The van der Waals surface area contributed by atoms with E-state index in [1.165, 1.54) is 25.1 Å². The number of ketones is 2. The molecule has 0 unspecified atom stereocenters. The van der Waals surface area contributed by atoms with Gasteiger partial charge in [-0.05, 0) is 93.0 Å². The SMILES string of the molecule is CC(C)Nc1cccc(Cc2ccc([C@H]3O[C@@H]4C[C@H]5[C@@H]6C[C@H](F)C7=CC(=O)C=C[C@]7(C)[C@@]6(F)[C@@H](O)C[C@]5(C)[C@]4(C(=O)CO)O3)cc2O)c1. The van der Waals surface area contributed by atoms with Gasteiger partial charge < -0.3 is 30.1 Å². The van der Waals surface area contributed by atoms with Gasteiger partial charge in [0.05, 0.1) is 12.2 Å². The maximum Gasteiger partial charge on any atom is 0.193 e. The lowest BCUT2D eigenvalue weighted by molar-refractivity contribution is -0.235. The van der Waals surface area contributed by atoms with Crippen LogP contribution in [0.2, 0.25) is 0 Å². The molecule has 0 amide bonds. The van der Waals surface area contributed by atoms with E-state index in [0.717, 1.165) is 17.3 Å². The minimum Gasteiger partial charge on any atom is -0.508 e. The van der Waals surface area contributed by atoms with Crippen LogP contribution in [-0.2, 0) is 25.5 Å². The number of aliphatic hydroxyl groups is 2. The number of rotatable bonds is 7. The second kappa shape index (κ2) is 11.3. The van der Waals surface area contributed by atoms with Gasteiger partial charge in [0.15, 0.2) is 29.1 Å². The molecule has 1 aliphatic heterocycles. The molecule has 0 aromatic heterocycles. The van der Waals surface area contributed by atoms with E-state index in [-0.39, 0.29) is 36.6 Å². The van der Waals surface area contributed by atoms with E-state index in [2.05, 4.69) is 19.2 Å². The van der Waals surface area contributed by atoms with Gasteiger partial charge >= 0.3 is 0 Å². The average molecular weight is 664 g/mol. The molecule has 8 nitrogen and oxygen atoms in total. The smallest absolute Gasteiger partial charge is 0.193 e. The molecule has 48 heavy (non-hydrogen) atoms. The summed E-state index contributed by atoms with van der Waals surface area (Å²) >= 11 is 0. The molecule has 0 bridgehead atoms. The summed E-state index contributed by atoms with van der Waals surface area (Å²) < 4.78 is 46.4. The van der Waals surface area contributed by atoms with E-state index in [1.807, 2.05) is 24.3 Å². The van der Waals surface area contributed by atoms with Crippen LogP contribution in [0.4, 0.5) is 14.5 Å².